The Bertz CT molecular complexity index is 1050. The largest absolute Gasteiger partial charge is 0.355 e. The second kappa shape index (κ2) is 10.2. The van der Waals surface area contributed by atoms with Crippen molar-refractivity contribution in [1.82, 2.24) is 14.9 Å². The van der Waals surface area contributed by atoms with Gasteiger partial charge in [-0.3, -0.25) is 4.84 Å². The van der Waals surface area contributed by atoms with Crippen LogP contribution < -0.4 is 9.96 Å². The van der Waals surface area contributed by atoms with Gasteiger partial charge in [-0.2, -0.15) is 0 Å². The predicted octanol–water partition coefficient (Wildman–Crippen LogP) is 3.38. The van der Waals surface area contributed by atoms with Crippen LogP contribution in [-0.4, -0.2) is 91.1 Å². The van der Waals surface area contributed by atoms with Gasteiger partial charge in [0.05, 0.1) is 20.3 Å². The number of aromatic nitrogens is 2. The van der Waals surface area contributed by atoms with Crippen LogP contribution in [0.3, 0.4) is 0 Å². The quantitative estimate of drug-likeness (QED) is 0.577. The van der Waals surface area contributed by atoms with E-state index in [1.807, 2.05) is 32.8 Å². The van der Waals surface area contributed by atoms with Gasteiger partial charge in [0, 0.05) is 26.2 Å². The zero-order valence-electron chi connectivity index (χ0n) is 23.4. The number of nitrogens with zero attached hydrogens (tertiary/aromatic N) is 6. The number of anilines is 2. The van der Waals surface area contributed by atoms with Crippen molar-refractivity contribution in [3.63, 3.8) is 0 Å². The van der Waals surface area contributed by atoms with Gasteiger partial charge in [0.2, 0.25) is 0 Å². The summed E-state index contributed by atoms with van der Waals surface area (Å²) in [4.78, 5) is 26.4. The van der Waals surface area contributed by atoms with E-state index in [1.54, 1.807) is 7.11 Å². The van der Waals surface area contributed by atoms with Crippen LogP contribution in [-0.2, 0) is 23.8 Å². The highest BCUT2D eigenvalue weighted by Crippen LogP contribution is 2.42. The molecular weight excluding hydrogens is 488 g/mol. The Hall–Kier alpha value is -2.05. The Balaban J connectivity index is 1.50. The van der Waals surface area contributed by atoms with Gasteiger partial charge in [0.15, 0.2) is 35.2 Å². The van der Waals surface area contributed by atoms with Crippen LogP contribution in [0, 0.1) is 0 Å². The maximum atomic E-state index is 6.32. The number of fused-ring (bicyclic) bond motifs is 1. The number of rotatable bonds is 4. The van der Waals surface area contributed by atoms with Crippen molar-refractivity contribution >= 4 is 17.3 Å². The van der Waals surface area contributed by atoms with Gasteiger partial charge >= 0.3 is 0 Å². The van der Waals surface area contributed by atoms with Crippen molar-refractivity contribution in [1.29, 1.82) is 0 Å². The standard InChI is InChI=1S/C27H42N6O5/c1-26(2)35-16-18(37-26)22-28-20-21(25(29-22)32-14-10-7-11-15-32)33(34-5)23(19-17-36-27(3,4)38-19)30-24(20)31-12-8-6-9-13-31/h18-19,23H,6-17H2,1-5H3. The summed E-state index contributed by atoms with van der Waals surface area (Å²) in [6.45, 7) is 12.4. The van der Waals surface area contributed by atoms with Gasteiger partial charge in [-0.1, -0.05) is 0 Å². The fourth-order valence-electron chi connectivity index (χ4n) is 6.11. The molecule has 11 nitrogen and oxygen atoms in total. The second-order valence-corrected chi connectivity index (χ2v) is 11.8. The van der Waals surface area contributed by atoms with Gasteiger partial charge in [-0.25, -0.2) is 20.0 Å². The molecule has 5 aliphatic heterocycles. The molecule has 0 amide bonds. The lowest BCUT2D eigenvalue weighted by molar-refractivity contribution is -0.143. The Morgan fingerprint density at radius 3 is 2.00 bits per heavy atom. The van der Waals surface area contributed by atoms with Crippen molar-refractivity contribution < 1.29 is 23.8 Å². The van der Waals surface area contributed by atoms with E-state index in [0.29, 0.717) is 19.0 Å². The molecule has 0 bridgehead atoms. The van der Waals surface area contributed by atoms with E-state index in [2.05, 4.69) is 9.80 Å². The molecule has 0 spiro atoms. The third-order valence-electron chi connectivity index (χ3n) is 7.98. The Morgan fingerprint density at radius 2 is 1.42 bits per heavy atom. The molecule has 5 aliphatic rings. The van der Waals surface area contributed by atoms with Gasteiger partial charge in [-0.05, 0) is 66.2 Å². The van der Waals surface area contributed by atoms with Crippen LogP contribution in [0.2, 0.25) is 0 Å². The van der Waals surface area contributed by atoms with Gasteiger partial charge in [0.25, 0.3) is 0 Å². The molecular formula is C27H42N6O5. The van der Waals surface area contributed by atoms with Gasteiger partial charge in [-0.15, -0.1) is 0 Å². The Labute approximate surface area is 225 Å². The molecule has 3 unspecified atom stereocenters. The van der Waals surface area contributed by atoms with Gasteiger partial charge in [0.1, 0.15) is 23.6 Å². The smallest absolute Gasteiger partial charge is 0.177 e. The van der Waals surface area contributed by atoms with Crippen molar-refractivity contribution in [2.24, 2.45) is 4.99 Å². The first kappa shape index (κ1) is 26.2. The average Bonchev–Trinajstić information content (AvgIpc) is 3.48. The molecule has 4 fully saturated rings. The van der Waals surface area contributed by atoms with Crippen LogP contribution in [0.15, 0.2) is 4.99 Å². The lowest BCUT2D eigenvalue weighted by Crippen LogP contribution is -2.51. The average molecular weight is 531 g/mol. The zero-order valence-corrected chi connectivity index (χ0v) is 23.4. The van der Waals surface area contributed by atoms with Crippen molar-refractivity contribution in [2.75, 3.05) is 56.5 Å². The number of likely N-dealkylation sites (tertiary alicyclic amines) is 1. The molecule has 0 N–H and O–H groups in total. The first-order valence-electron chi connectivity index (χ1n) is 14.2. The number of aliphatic imine (C=N–C) groups is 1. The molecule has 0 saturated carbocycles. The highest BCUT2D eigenvalue weighted by molar-refractivity contribution is 6.05. The molecule has 4 saturated heterocycles. The summed E-state index contributed by atoms with van der Waals surface area (Å²) in [7, 11) is 1.68. The fourth-order valence-corrected chi connectivity index (χ4v) is 6.11. The topological polar surface area (TPSA) is 94.0 Å². The highest BCUT2D eigenvalue weighted by Gasteiger charge is 2.46. The molecule has 1 aromatic rings. The number of hydrogen-bond donors (Lipinski definition) is 0. The first-order chi connectivity index (χ1) is 18.2. The number of ether oxygens (including phenoxy) is 4. The molecule has 11 heteroatoms. The molecule has 0 aliphatic carbocycles. The molecule has 3 atom stereocenters. The lowest BCUT2D eigenvalue weighted by atomic mass is 10.1. The number of hydrogen-bond acceptors (Lipinski definition) is 11. The zero-order chi connectivity index (χ0) is 26.5. The Kier molecular flexibility index (Phi) is 7.01. The lowest BCUT2D eigenvalue weighted by Gasteiger charge is -2.42. The van der Waals surface area contributed by atoms with E-state index in [0.717, 1.165) is 74.9 Å². The fraction of sp³-hybridized carbons (Fsp3) is 0.815. The summed E-state index contributed by atoms with van der Waals surface area (Å²) in [5, 5.41) is 1.85. The van der Waals surface area contributed by atoms with Crippen molar-refractivity contribution in [3.05, 3.63) is 11.5 Å². The maximum Gasteiger partial charge on any atom is 0.177 e. The molecule has 6 rings (SSSR count). The van der Waals surface area contributed by atoms with E-state index in [1.165, 1.54) is 12.8 Å². The van der Waals surface area contributed by atoms with Crippen molar-refractivity contribution in [2.45, 2.75) is 96.2 Å². The molecule has 0 radical (unpaired) electrons. The summed E-state index contributed by atoms with van der Waals surface area (Å²) in [6.07, 6.45) is 5.92. The minimum Gasteiger partial charge on any atom is -0.355 e. The van der Waals surface area contributed by atoms with Crippen LogP contribution in [0.25, 0.3) is 0 Å². The van der Waals surface area contributed by atoms with E-state index in [4.69, 9.17) is 38.7 Å². The van der Waals surface area contributed by atoms with E-state index in [9.17, 15) is 0 Å². The van der Waals surface area contributed by atoms with Crippen LogP contribution in [0.4, 0.5) is 11.5 Å². The summed E-state index contributed by atoms with van der Waals surface area (Å²) >= 11 is 0. The van der Waals surface area contributed by atoms with Crippen molar-refractivity contribution in [3.8, 4) is 0 Å². The van der Waals surface area contributed by atoms with Crippen LogP contribution in [0.1, 0.15) is 83.8 Å². The van der Waals surface area contributed by atoms with Gasteiger partial charge < -0.3 is 28.7 Å². The van der Waals surface area contributed by atoms with E-state index >= 15 is 0 Å². The second-order valence-electron chi connectivity index (χ2n) is 11.8. The number of amidine groups is 1. The van der Waals surface area contributed by atoms with Crippen LogP contribution >= 0.6 is 0 Å². The van der Waals surface area contributed by atoms with E-state index < -0.39 is 17.7 Å². The third kappa shape index (κ3) is 4.99. The normalized spacial score (nSPS) is 30.9. The molecule has 1 aromatic heterocycles. The maximum absolute atomic E-state index is 6.32. The molecule has 38 heavy (non-hydrogen) atoms. The number of hydroxylamine groups is 1. The summed E-state index contributed by atoms with van der Waals surface area (Å²) < 4.78 is 24.4. The Morgan fingerprint density at radius 1 is 0.789 bits per heavy atom. The minimum absolute atomic E-state index is 0.292. The predicted molar refractivity (Wildman–Crippen MR) is 142 cm³/mol. The molecule has 6 heterocycles. The molecule has 0 aromatic carbocycles. The summed E-state index contributed by atoms with van der Waals surface area (Å²) in [5.74, 6) is 1.04. The third-order valence-corrected chi connectivity index (χ3v) is 7.98. The minimum atomic E-state index is -0.673. The highest BCUT2D eigenvalue weighted by atomic mass is 16.8. The van der Waals surface area contributed by atoms with E-state index in [-0.39, 0.29) is 12.2 Å². The summed E-state index contributed by atoms with van der Waals surface area (Å²) in [5.41, 5.74) is 1.65. The van der Waals surface area contributed by atoms with Crippen LogP contribution in [0.5, 0.6) is 0 Å². The molecule has 210 valence electrons. The monoisotopic (exact) mass is 530 g/mol. The SMILES string of the molecule is CON1c2c(nc(C3COC(C)(C)O3)nc2N2CCCCC2)C(N2CCCCC2)=NC1C1COC(C)(C)O1. The first-order valence-corrected chi connectivity index (χ1v) is 14.2. The number of piperidine rings is 2. The summed E-state index contributed by atoms with van der Waals surface area (Å²) in [6, 6.07) is 0.